The van der Waals surface area contributed by atoms with Gasteiger partial charge in [-0.3, -0.25) is 0 Å². The van der Waals surface area contributed by atoms with Crippen LogP contribution in [0.3, 0.4) is 0 Å². The molecule has 0 unspecified atom stereocenters. The van der Waals surface area contributed by atoms with Gasteiger partial charge in [-0.05, 0) is 23.3 Å². The van der Waals surface area contributed by atoms with E-state index in [1.54, 1.807) is 0 Å². The SMILES string of the molecule is c1ccc(C2=Nc3ccccc3N3[C@H](c4ccccc4)[C@H]23)cc1. The third-order valence-corrected chi connectivity index (χ3v) is 4.70. The molecule has 0 spiro atoms. The van der Waals surface area contributed by atoms with Crippen LogP contribution in [-0.4, -0.2) is 11.8 Å². The second kappa shape index (κ2) is 4.82. The molecule has 0 aromatic heterocycles. The Bertz CT molecular complexity index is 880. The quantitative estimate of drug-likeness (QED) is 0.623. The second-order valence-electron chi connectivity index (χ2n) is 6.06. The number of hydrogen-bond acceptors (Lipinski definition) is 2. The first-order valence-electron chi connectivity index (χ1n) is 8.00. The molecule has 5 rings (SSSR count). The zero-order chi connectivity index (χ0) is 15.2. The van der Waals surface area contributed by atoms with Gasteiger partial charge in [-0.1, -0.05) is 72.8 Å². The maximum Gasteiger partial charge on any atom is 0.0973 e. The van der Waals surface area contributed by atoms with Crippen molar-refractivity contribution in [3.63, 3.8) is 0 Å². The van der Waals surface area contributed by atoms with E-state index in [-0.39, 0.29) is 0 Å². The lowest BCUT2D eigenvalue weighted by molar-refractivity contribution is 1.11. The Balaban J connectivity index is 1.66. The number of benzene rings is 3. The number of para-hydroxylation sites is 2. The summed E-state index contributed by atoms with van der Waals surface area (Å²) in [7, 11) is 0. The minimum absolute atomic E-state index is 0.342. The Hall–Kier alpha value is -2.87. The molecule has 0 N–H and O–H groups in total. The predicted molar refractivity (Wildman–Crippen MR) is 94.5 cm³/mol. The van der Waals surface area contributed by atoms with Crippen molar-refractivity contribution in [3.8, 4) is 0 Å². The summed E-state index contributed by atoms with van der Waals surface area (Å²) in [5, 5.41) is 0. The number of hydrogen-bond donors (Lipinski definition) is 0. The number of anilines is 1. The summed E-state index contributed by atoms with van der Waals surface area (Å²) in [5.41, 5.74) is 6.07. The van der Waals surface area contributed by atoms with Crippen molar-refractivity contribution >= 4 is 17.1 Å². The fourth-order valence-electron chi connectivity index (χ4n) is 3.62. The Morgan fingerprint density at radius 1 is 0.652 bits per heavy atom. The van der Waals surface area contributed by atoms with E-state index in [1.807, 2.05) is 0 Å². The number of fused-ring (bicyclic) bond motifs is 3. The zero-order valence-corrected chi connectivity index (χ0v) is 12.6. The molecular formula is C21H16N2. The lowest BCUT2D eigenvalue weighted by atomic mass is 10.0. The molecule has 2 heterocycles. The average molecular weight is 296 g/mol. The van der Waals surface area contributed by atoms with E-state index < -0.39 is 0 Å². The van der Waals surface area contributed by atoms with Gasteiger partial charge in [0.1, 0.15) is 0 Å². The van der Waals surface area contributed by atoms with Gasteiger partial charge in [0.05, 0.1) is 29.2 Å². The molecule has 1 fully saturated rings. The van der Waals surface area contributed by atoms with Crippen molar-refractivity contribution in [3.05, 3.63) is 96.1 Å². The van der Waals surface area contributed by atoms with Gasteiger partial charge < -0.3 is 4.90 Å². The van der Waals surface area contributed by atoms with E-state index in [1.165, 1.54) is 22.5 Å². The topological polar surface area (TPSA) is 15.4 Å². The molecule has 2 nitrogen and oxygen atoms in total. The van der Waals surface area contributed by atoms with Crippen LogP contribution in [0.15, 0.2) is 89.9 Å². The predicted octanol–water partition coefficient (Wildman–Crippen LogP) is 4.75. The van der Waals surface area contributed by atoms with Crippen molar-refractivity contribution in [2.24, 2.45) is 4.99 Å². The highest BCUT2D eigenvalue weighted by atomic mass is 15.4. The molecule has 0 aliphatic carbocycles. The lowest BCUT2D eigenvalue weighted by Crippen LogP contribution is -2.17. The van der Waals surface area contributed by atoms with E-state index in [9.17, 15) is 0 Å². The minimum Gasteiger partial charge on any atom is -0.349 e. The van der Waals surface area contributed by atoms with E-state index in [0.717, 1.165) is 5.69 Å². The van der Waals surface area contributed by atoms with E-state index in [0.29, 0.717) is 12.1 Å². The Labute approximate surface area is 135 Å². The fraction of sp³-hybridized carbons (Fsp3) is 0.0952. The van der Waals surface area contributed by atoms with Crippen LogP contribution in [-0.2, 0) is 0 Å². The molecule has 2 aliphatic heterocycles. The highest BCUT2D eigenvalue weighted by Crippen LogP contribution is 2.54. The average Bonchev–Trinajstić information content (AvgIpc) is 3.38. The minimum atomic E-state index is 0.342. The molecule has 23 heavy (non-hydrogen) atoms. The van der Waals surface area contributed by atoms with Crippen LogP contribution in [0, 0.1) is 0 Å². The maximum absolute atomic E-state index is 4.99. The molecule has 2 heteroatoms. The van der Waals surface area contributed by atoms with Gasteiger partial charge in [0.25, 0.3) is 0 Å². The van der Waals surface area contributed by atoms with Crippen LogP contribution in [0.2, 0.25) is 0 Å². The van der Waals surface area contributed by atoms with Crippen LogP contribution in [0.4, 0.5) is 11.4 Å². The maximum atomic E-state index is 4.99. The summed E-state index contributed by atoms with van der Waals surface area (Å²) in [5.74, 6) is 0. The standard InChI is InChI=1S/C21H16N2/c1-3-9-15(10-4-1)19-21-20(16-11-5-2-6-12-16)23(21)18-14-8-7-13-17(18)22-19/h1-14,20-21H/t20-,21+,23?/m1/s1. The fourth-order valence-corrected chi connectivity index (χ4v) is 3.62. The lowest BCUT2D eigenvalue weighted by Gasteiger charge is -2.16. The first kappa shape index (κ1) is 12.7. The molecule has 0 amide bonds. The van der Waals surface area contributed by atoms with Gasteiger partial charge in [0.15, 0.2) is 0 Å². The first-order valence-corrected chi connectivity index (χ1v) is 8.00. The van der Waals surface area contributed by atoms with Crippen molar-refractivity contribution in [2.45, 2.75) is 12.1 Å². The highest BCUT2D eigenvalue weighted by Gasteiger charge is 2.54. The molecular weight excluding hydrogens is 280 g/mol. The normalized spacial score (nSPS) is 21.2. The number of rotatable bonds is 2. The van der Waals surface area contributed by atoms with E-state index in [4.69, 9.17) is 4.99 Å². The van der Waals surface area contributed by atoms with Gasteiger partial charge in [0, 0.05) is 0 Å². The molecule has 110 valence electrons. The summed E-state index contributed by atoms with van der Waals surface area (Å²) in [6.07, 6.45) is 0. The van der Waals surface area contributed by atoms with Gasteiger partial charge in [-0.25, -0.2) is 4.99 Å². The van der Waals surface area contributed by atoms with Crippen LogP contribution in [0.25, 0.3) is 0 Å². The Kier molecular flexibility index (Phi) is 2.65. The van der Waals surface area contributed by atoms with E-state index >= 15 is 0 Å². The third-order valence-electron chi connectivity index (χ3n) is 4.70. The molecule has 3 aromatic rings. The van der Waals surface area contributed by atoms with Crippen molar-refractivity contribution < 1.29 is 0 Å². The van der Waals surface area contributed by atoms with Crippen molar-refractivity contribution in [1.29, 1.82) is 0 Å². The van der Waals surface area contributed by atoms with Gasteiger partial charge in [-0.2, -0.15) is 0 Å². The molecule has 2 aliphatic rings. The molecule has 0 saturated carbocycles. The Morgan fingerprint density at radius 3 is 2.09 bits per heavy atom. The molecule has 0 radical (unpaired) electrons. The Morgan fingerprint density at radius 2 is 1.30 bits per heavy atom. The zero-order valence-electron chi connectivity index (χ0n) is 12.6. The smallest absolute Gasteiger partial charge is 0.0973 e. The molecule has 3 aromatic carbocycles. The number of nitrogens with zero attached hydrogens (tertiary/aromatic N) is 2. The molecule has 0 bridgehead atoms. The first-order chi connectivity index (χ1) is 11.4. The summed E-state index contributed by atoms with van der Waals surface area (Å²) < 4.78 is 0. The van der Waals surface area contributed by atoms with Crippen molar-refractivity contribution in [1.82, 2.24) is 0 Å². The van der Waals surface area contributed by atoms with Crippen LogP contribution in [0.1, 0.15) is 17.2 Å². The summed E-state index contributed by atoms with van der Waals surface area (Å²) in [4.78, 5) is 7.48. The van der Waals surface area contributed by atoms with Gasteiger partial charge in [-0.15, -0.1) is 0 Å². The molecule has 2 atom stereocenters. The van der Waals surface area contributed by atoms with Crippen molar-refractivity contribution in [2.75, 3.05) is 4.90 Å². The van der Waals surface area contributed by atoms with Crippen LogP contribution < -0.4 is 4.90 Å². The second-order valence-corrected chi connectivity index (χ2v) is 6.06. The van der Waals surface area contributed by atoms with Gasteiger partial charge >= 0.3 is 0 Å². The van der Waals surface area contributed by atoms with Crippen LogP contribution >= 0.6 is 0 Å². The molecule has 1 saturated heterocycles. The summed E-state index contributed by atoms with van der Waals surface area (Å²) >= 11 is 0. The van der Waals surface area contributed by atoms with Crippen LogP contribution in [0.5, 0.6) is 0 Å². The number of aliphatic imine (C=N–C) groups is 1. The van der Waals surface area contributed by atoms with Gasteiger partial charge in [0.2, 0.25) is 0 Å². The third kappa shape index (κ3) is 1.92. The van der Waals surface area contributed by atoms with E-state index in [2.05, 4.69) is 89.8 Å². The largest absolute Gasteiger partial charge is 0.349 e. The summed E-state index contributed by atoms with van der Waals surface area (Å²) in [6, 6.07) is 30.5. The monoisotopic (exact) mass is 296 g/mol. The summed E-state index contributed by atoms with van der Waals surface area (Å²) in [6.45, 7) is 0. The highest BCUT2D eigenvalue weighted by molar-refractivity contribution is 6.14.